The summed E-state index contributed by atoms with van der Waals surface area (Å²) in [5.74, 6) is 0.574. The van der Waals surface area contributed by atoms with Gasteiger partial charge in [-0.25, -0.2) is 4.98 Å². The van der Waals surface area contributed by atoms with Crippen LogP contribution in [0.3, 0.4) is 0 Å². The second-order valence-electron chi connectivity index (χ2n) is 8.98. The van der Waals surface area contributed by atoms with E-state index in [1.807, 2.05) is 9.47 Å². The number of hydrogen-bond donors (Lipinski definition) is 0. The van der Waals surface area contributed by atoms with E-state index in [-0.39, 0.29) is 17.5 Å². The first kappa shape index (κ1) is 20.6. The monoisotopic (exact) mass is 445 g/mol. The molecule has 1 aliphatic heterocycles. The molecule has 2 aromatic rings. The van der Waals surface area contributed by atoms with Crippen molar-refractivity contribution in [2.75, 3.05) is 18.8 Å². The Morgan fingerprint density at radius 3 is 2.53 bits per heavy atom. The molecule has 3 heterocycles. The number of aryl methyl sites for hydroxylation is 2. The third-order valence-corrected chi connectivity index (χ3v) is 9.09. The number of carbonyl (C=O) groups excluding carboxylic acids is 1. The Morgan fingerprint density at radius 1 is 1.00 bits per heavy atom. The van der Waals surface area contributed by atoms with Gasteiger partial charge < -0.3 is 4.90 Å². The number of hydrogen-bond acceptors (Lipinski definition) is 5. The van der Waals surface area contributed by atoms with Crippen molar-refractivity contribution in [2.24, 2.45) is 0 Å². The summed E-state index contributed by atoms with van der Waals surface area (Å²) in [7, 11) is 0. The highest BCUT2D eigenvalue weighted by Crippen LogP contribution is 2.37. The average Bonchev–Trinajstić information content (AvgIpc) is 3.17. The van der Waals surface area contributed by atoms with E-state index in [1.54, 1.807) is 11.3 Å². The molecule has 2 fully saturated rings. The van der Waals surface area contributed by atoms with E-state index >= 15 is 0 Å². The Kier molecular flexibility index (Phi) is 6.19. The van der Waals surface area contributed by atoms with Crippen molar-refractivity contribution in [3.8, 4) is 0 Å². The van der Waals surface area contributed by atoms with E-state index in [2.05, 4.69) is 0 Å². The smallest absolute Gasteiger partial charge is 0.263 e. The number of aromatic nitrogens is 2. The predicted octanol–water partition coefficient (Wildman–Crippen LogP) is 4.95. The van der Waals surface area contributed by atoms with Crippen LogP contribution in [0, 0.1) is 0 Å². The standard InChI is InChI=1S/C23H31N3O2S2/c27-19(25-13-7-2-8-14-25)15-29-23-24-21-20(17-11-5-6-12-18(17)30-21)22(28)26(23)16-9-3-1-4-10-16/h16H,1-15H2. The third kappa shape index (κ3) is 3.95. The Hall–Kier alpha value is -1.34. The van der Waals surface area contributed by atoms with Crippen LogP contribution in [0.2, 0.25) is 0 Å². The number of thioether (sulfide) groups is 1. The van der Waals surface area contributed by atoms with Crippen molar-refractivity contribution in [1.29, 1.82) is 0 Å². The number of amides is 1. The number of likely N-dealkylation sites (tertiary alicyclic amines) is 1. The van der Waals surface area contributed by atoms with Crippen LogP contribution in [-0.4, -0.2) is 39.2 Å². The van der Waals surface area contributed by atoms with Gasteiger partial charge in [-0.1, -0.05) is 31.0 Å². The first-order valence-electron chi connectivity index (χ1n) is 11.7. The lowest BCUT2D eigenvalue weighted by Gasteiger charge is -2.28. The second kappa shape index (κ2) is 9.03. The molecule has 162 valence electrons. The molecule has 0 radical (unpaired) electrons. The quantitative estimate of drug-likeness (QED) is 0.494. The van der Waals surface area contributed by atoms with Crippen LogP contribution in [0.1, 0.15) is 80.7 Å². The molecule has 0 aromatic carbocycles. The van der Waals surface area contributed by atoms with E-state index in [4.69, 9.17) is 4.98 Å². The largest absolute Gasteiger partial charge is 0.342 e. The molecule has 1 saturated heterocycles. The number of fused-ring (bicyclic) bond motifs is 3. The Balaban J connectivity index is 1.50. The normalized spacial score (nSPS) is 20.5. The van der Waals surface area contributed by atoms with Gasteiger partial charge in [-0.05, 0) is 63.4 Å². The highest BCUT2D eigenvalue weighted by molar-refractivity contribution is 7.99. The number of rotatable bonds is 4. The van der Waals surface area contributed by atoms with Crippen LogP contribution in [0.5, 0.6) is 0 Å². The van der Waals surface area contributed by atoms with Crippen LogP contribution in [0.15, 0.2) is 9.95 Å². The van der Waals surface area contributed by atoms with E-state index in [0.29, 0.717) is 5.75 Å². The molecule has 30 heavy (non-hydrogen) atoms. The Morgan fingerprint density at radius 2 is 1.73 bits per heavy atom. The Bertz CT molecular complexity index is 984. The topological polar surface area (TPSA) is 55.2 Å². The lowest BCUT2D eigenvalue weighted by molar-refractivity contribution is -0.129. The van der Waals surface area contributed by atoms with Gasteiger partial charge in [0.15, 0.2) is 5.16 Å². The van der Waals surface area contributed by atoms with Crippen LogP contribution >= 0.6 is 23.1 Å². The number of thiophene rings is 1. The number of nitrogens with zero attached hydrogens (tertiary/aromatic N) is 3. The maximum Gasteiger partial charge on any atom is 0.263 e. The van der Waals surface area contributed by atoms with Crippen LogP contribution in [0.4, 0.5) is 0 Å². The van der Waals surface area contributed by atoms with E-state index < -0.39 is 0 Å². The summed E-state index contributed by atoms with van der Waals surface area (Å²) >= 11 is 3.20. The maximum absolute atomic E-state index is 13.7. The molecular weight excluding hydrogens is 414 g/mol. The van der Waals surface area contributed by atoms with Crippen molar-refractivity contribution < 1.29 is 4.79 Å². The molecule has 0 atom stereocenters. The molecule has 0 bridgehead atoms. The third-order valence-electron chi connectivity index (χ3n) is 6.96. The van der Waals surface area contributed by atoms with E-state index in [0.717, 1.165) is 67.0 Å². The first-order chi connectivity index (χ1) is 14.7. The number of carbonyl (C=O) groups is 1. The fourth-order valence-electron chi connectivity index (χ4n) is 5.32. The minimum atomic E-state index is 0.152. The molecule has 3 aliphatic rings. The van der Waals surface area contributed by atoms with Crippen LogP contribution in [-0.2, 0) is 17.6 Å². The van der Waals surface area contributed by atoms with Crippen LogP contribution in [0.25, 0.3) is 10.2 Å². The SMILES string of the molecule is O=C(CSc1nc2sc3c(c2c(=O)n1C1CCCCC1)CCCC3)N1CCCCC1. The highest BCUT2D eigenvalue weighted by Gasteiger charge is 2.27. The summed E-state index contributed by atoms with van der Waals surface area (Å²) in [4.78, 5) is 35.8. The zero-order valence-electron chi connectivity index (χ0n) is 17.7. The van der Waals surface area contributed by atoms with E-state index in [9.17, 15) is 9.59 Å². The van der Waals surface area contributed by atoms with Crippen molar-refractivity contribution in [1.82, 2.24) is 14.5 Å². The van der Waals surface area contributed by atoms with Gasteiger partial charge >= 0.3 is 0 Å². The fourth-order valence-corrected chi connectivity index (χ4v) is 7.59. The Labute approximate surface area is 186 Å². The molecule has 0 N–H and O–H groups in total. The summed E-state index contributed by atoms with van der Waals surface area (Å²) in [5.41, 5.74) is 1.42. The zero-order valence-corrected chi connectivity index (χ0v) is 19.3. The molecule has 5 rings (SSSR count). The average molecular weight is 446 g/mol. The fraction of sp³-hybridized carbons (Fsp3) is 0.696. The molecule has 2 aliphatic carbocycles. The molecule has 7 heteroatoms. The minimum absolute atomic E-state index is 0.152. The molecule has 0 unspecified atom stereocenters. The van der Waals surface area contributed by atoms with E-state index in [1.165, 1.54) is 60.7 Å². The summed E-state index contributed by atoms with van der Waals surface area (Å²) in [5, 5.41) is 1.65. The zero-order chi connectivity index (χ0) is 20.5. The summed E-state index contributed by atoms with van der Waals surface area (Å²) in [6.07, 6.45) is 13.6. The summed E-state index contributed by atoms with van der Waals surface area (Å²) < 4.78 is 1.98. The highest BCUT2D eigenvalue weighted by atomic mass is 32.2. The molecule has 0 spiro atoms. The molecule has 1 saturated carbocycles. The van der Waals surface area contributed by atoms with Crippen molar-refractivity contribution in [3.05, 3.63) is 20.8 Å². The maximum atomic E-state index is 13.7. The van der Waals surface area contributed by atoms with Gasteiger partial charge in [0, 0.05) is 24.0 Å². The molecule has 1 amide bonds. The molecular formula is C23H31N3O2S2. The summed E-state index contributed by atoms with van der Waals surface area (Å²) in [6, 6.07) is 0.231. The molecule has 5 nitrogen and oxygen atoms in total. The summed E-state index contributed by atoms with van der Waals surface area (Å²) in [6.45, 7) is 1.75. The minimum Gasteiger partial charge on any atom is -0.342 e. The van der Waals surface area contributed by atoms with Gasteiger partial charge in [0.25, 0.3) is 5.56 Å². The van der Waals surface area contributed by atoms with Gasteiger partial charge in [0.2, 0.25) is 5.91 Å². The van der Waals surface area contributed by atoms with Gasteiger partial charge in [-0.3, -0.25) is 14.2 Å². The van der Waals surface area contributed by atoms with Gasteiger partial charge in [0.05, 0.1) is 11.1 Å². The van der Waals surface area contributed by atoms with Crippen molar-refractivity contribution in [2.45, 2.75) is 88.2 Å². The lowest BCUT2D eigenvalue weighted by Crippen LogP contribution is -2.37. The first-order valence-corrected chi connectivity index (χ1v) is 13.5. The second-order valence-corrected chi connectivity index (χ2v) is 11.0. The number of piperidine rings is 1. The lowest BCUT2D eigenvalue weighted by atomic mass is 9.94. The van der Waals surface area contributed by atoms with Gasteiger partial charge in [-0.15, -0.1) is 11.3 Å². The molecule has 2 aromatic heterocycles. The van der Waals surface area contributed by atoms with Gasteiger partial charge in [0.1, 0.15) is 4.83 Å². The van der Waals surface area contributed by atoms with Crippen LogP contribution < -0.4 is 5.56 Å². The predicted molar refractivity (Wildman–Crippen MR) is 124 cm³/mol. The van der Waals surface area contributed by atoms with Crippen molar-refractivity contribution >= 4 is 39.2 Å². The van der Waals surface area contributed by atoms with Crippen molar-refractivity contribution in [3.63, 3.8) is 0 Å². The van der Waals surface area contributed by atoms with Gasteiger partial charge in [-0.2, -0.15) is 0 Å².